The number of amides is 2. The number of nitrogens with zero attached hydrogens (tertiary/aromatic N) is 2. The highest BCUT2D eigenvalue weighted by Gasteiger charge is 2.43. The molecule has 2 heterocycles. The minimum atomic E-state index is -0.268. The van der Waals surface area contributed by atoms with Crippen molar-refractivity contribution in [1.29, 1.82) is 0 Å². The molecule has 1 fully saturated rings. The number of anilines is 1. The van der Waals surface area contributed by atoms with Gasteiger partial charge < -0.3 is 9.64 Å². The lowest BCUT2D eigenvalue weighted by Crippen LogP contribution is -2.38. The summed E-state index contributed by atoms with van der Waals surface area (Å²) in [5.41, 5.74) is 4.65. The zero-order valence-corrected chi connectivity index (χ0v) is 18.8. The molecule has 0 unspecified atom stereocenters. The minimum absolute atomic E-state index is 0.249. The van der Waals surface area contributed by atoms with Gasteiger partial charge in [0.15, 0.2) is 0 Å². The van der Waals surface area contributed by atoms with Gasteiger partial charge in [0.05, 0.1) is 17.9 Å². The van der Waals surface area contributed by atoms with Crippen molar-refractivity contribution in [2.45, 2.75) is 40.5 Å². The summed E-state index contributed by atoms with van der Waals surface area (Å²) in [6.07, 6.45) is 2.04. The van der Waals surface area contributed by atoms with E-state index in [1.165, 1.54) is 4.90 Å². The molecule has 0 spiro atoms. The largest absolute Gasteiger partial charge is 0.494 e. The maximum absolute atomic E-state index is 13.7. The molecule has 0 bridgehead atoms. The highest BCUT2D eigenvalue weighted by molar-refractivity contribution is 6.45. The number of rotatable bonds is 5. The molecule has 5 nitrogen and oxygen atoms in total. The Morgan fingerprint density at radius 2 is 1.71 bits per heavy atom. The smallest absolute Gasteiger partial charge is 0.282 e. The standard InChI is InChI=1S/C26H30N2O3/c1-5-31-22-8-6-7-21(16-22)28-25(29)23(20-10-9-18(3)19(4)15-20)24(26(28)30)27-13-11-17(2)12-14-27/h6-10,15-17H,5,11-14H2,1-4H3. The number of imide groups is 1. The average molecular weight is 419 g/mol. The third-order valence-electron chi connectivity index (χ3n) is 6.34. The molecule has 2 aromatic carbocycles. The highest BCUT2D eigenvalue weighted by atomic mass is 16.5. The van der Waals surface area contributed by atoms with Crippen LogP contribution in [-0.2, 0) is 9.59 Å². The van der Waals surface area contributed by atoms with E-state index in [-0.39, 0.29) is 11.8 Å². The fourth-order valence-electron chi connectivity index (χ4n) is 4.31. The van der Waals surface area contributed by atoms with Crippen LogP contribution in [0, 0.1) is 19.8 Å². The summed E-state index contributed by atoms with van der Waals surface area (Å²) < 4.78 is 5.60. The molecule has 4 rings (SSSR count). The van der Waals surface area contributed by atoms with E-state index in [1.807, 2.05) is 51.1 Å². The quantitative estimate of drug-likeness (QED) is 0.660. The van der Waals surface area contributed by atoms with Crippen LogP contribution >= 0.6 is 0 Å². The summed E-state index contributed by atoms with van der Waals surface area (Å²) >= 11 is 0. The number of hydrogen-bond donors (Lipinski definition) is 0. The Bertz CT molecular complexity index is 1050. The second kappa shape index (κ2) is 8.58. The van der Waals surface area contributed by atoms with Gasteiger partial charge >= 0.3 is 0 Å². The molecule has 5 heteroatoms. The van der Waals surface area contributed by atoms with E-state index in [9.17, 15) is 9.59 Å². The predicted molar refractivity (Wildman–Crippen MR) is 123 cm³/mol. The van der Waals surface area contributed by atoms with E-state index in [2.05, 4.69) is 11.8 Å². The Kier molecular flexibility index (Phi) is 5.86. The third kappa shape index (κ3) is 3.97. The number of carbonyl (C=O) groups is 2. The van der Waals surface area contributed by atoms with Gasteiger partial charge in [-0.05, 0) is 68.4 Å². The maximum atomic E-state index is 13.7. The van der Waals surface area contributed by atoms with Crippen LogP contribution in [0.3, 0.4) is 0 Å². The summed E-state index contributed by atoms with van der Waals surface area (Å²) in [6.45, 7) is 10.3. The molecule has 0 aromatic heterocycles. The van der Waals surface area contributed by atoms with Crippen LogP contribution in [0.2, 0.25) is 0 Å². The molecular formula is C26H30N2O3. The number of benzene rings is 2. The van der Waals surface area contributed by atoms with Gasteiger partial charge in [-0.2, -0.15) is 0 Å². The monoisotopic (exact) mass is 418 g/mol. The molecule has 2 aromatic rings. The van der Waals surface area contributed by atoms with Crippen LogP contribution in [0.4, 0.5) is 5.69 Å². The van der Waals surface area contributed by atoms with Gasteiger partial charge in [0.2, 0.25) is 0 Å². The summed E-state index contributed by atoms with van der Waals surface area (Å²) in [5.74, 6) is 0.763. The van der Waals surface area contributed by atoms with Crippen molar-refractivity contribution in [1.82, 2.24) is 4.90 Å². The molecule has 0 aliphatic carbocycles. The highest BCUT2D eigenvalue weighted by Crippen LogP contribution is 2.37. The van der Waals surface area contributed by atoms with Crippen molar-refractivity contribution in [3.05, 3.63) is 64.9 Å². The lowest BCUT2D eigenvalue weighted by Gasteiger charge is -2.32. The Hall–Kier alpha value is -3.08. The topological polar surface area (TPSA) is 49.9 Å². The molecule has 0 N–H and O–H groups in total. The molecule has 1 saturated heterocycles. The van der Waals surface area contributed by atoms with Crippen molar-refractivity contribution >= 4 is 23.1 Å². The Balaban J connectivity index is 1.80. The SMILES string of the molecule is CCOc1cccc(N2C(=O)C(c3ccc(C)c(C)c3)=C(N3CCC(C)CC3)C2=O)c1. The van der Waals surface area contributed by atoms with Gasteiger partial charge in [-0.1, -0.05) is 31.2 Å². The molecule has 0 atom stereocenters. The number of aryl methyl sites for hydroxylation is 2. The van der Waals surface area contributed by atoms with Gasteiger partial charge in [0.25, 0.3) is 11.8 Å². The van der Waals surface area contributed by atoms with Crippen LogP contribution in [0.1, 0.15) is 43.4 Å². The van der Waals surface area contributed by atoms with E-state index in [0.717, 1.165) is 42.6 Å². The van der Waals surface area contributed by atoms with Gasteiger partial charge in [-0.25, -0.2) is 4.90 Å². The average Bonchev–Trinajstić information content (AvgIpc) is 3.01. The molecule has 0 saturated carbocycles. The predicted octanol–water partition coefficient (Wildman–Crippen LogP) is 4.72. The van der Waals surface area contributed by atoms with E-state index >= 15 is 0 Å². The minimum Gasteiger partial charge on any atom is -0.494 e. The van der Waals surface area contributed by atoms with E-state index in [0.29, 0.717) is 35.2 Å². The van der Waals surface area contributed by atoms with Crippen LogP contribution < -0.4 is 9.64 Å². The molecule has 0 radical (unpaired) electrons. The molecule has 31 heavy (non-hydrogen) atoms. The Morgan fingerprint density at radius 3 is 2.39 bits per heavy atom. The Labute approximate surface area is 184 Å². The first-order valence-corrected chi connectivity index (χ1v) is 11.1. The van der Waals surface area contributed by atoms with E-state index in [1.54, 1.807) is 12.1 Å². The van der Waals surface area contributed by atoms with Gasteiger partial charge in [0, 0.05) is 19.2 Å². The van der Waals surface area contributed by atoms with E-state index in [4.69, 9.17) is 4.74 Å². The second-order valence-corrected chi connectivity index (χ2v) is 8.57. The summed E-state index contributed by atoms with van der Waals surface area (Å²) in [6, 6.07) is 13.2. The first kappa shape index (κ1) is 21.2. The van der Waals surface area contributed by atoms with Crippen molar-refractivity contribution in [2.75, 3.05) is 24.6 Å². The first-order chi connectivity index (χ1) is 14.9. The van der Waals surface area contributed by atoms with E-state index < -0.39 is 0 Å². The summed E-state index contributed by atoms with van der Waals surface area (Å²) in [7, 11) is 0. The Morgan fingerprint density at radius 1 is 0.968 bits per heavy atom. The number of hydrogen-bond acceptors (Lipinski definition) is 4. The van der Waals surface area contributed by atoms with Crippen molar-refractivity contribution in [3.63, 3.8) is 0 Å². The fourth-order valence-corrected chi connectivity index (χ4v) is 4.31. The van der Waals surface area contributed by atoms with Crippen molar-refractivity contribution in [2.24, 2.45) is 5.92 Å². The van der Waals surface area contributed by atoms with Crippen LogP contribution in [0.5, 0.6) is 5.75 Å². The zero-order valence-electron chi connectivity index (χ0n) is 18.8. The zero-order chi connectivity index (χ0) is 22.1. The number of carbonyl (C=O) groups excluding carboxylic acids is 2. The van der Waals surface area contributed by atoms with Crippen LogP contribution in [0.25, 0.3) is 5.57 Å². The molecule has 2 aliphatic rings. The van der Waals surface area contributed by atoms with Crippen LogP contribution in [-0.4, -0.2) is 36.4 Å². The van der Waals surface area contributed by atoms with Crippen molar-refractivity contribution < 1.29 is 14.3 Å². The lowest BCUT2D eigenvalue weighted by molar-refractivity contribution is -0.120. The van der Waals surface area contributed by atoms with Gasteiger partial charge in [0.1, 0.15) is 11.4 Å². The number of ether oxygens (including phenoxy) is 1. The molecule has 162 valence electrons. The first-order valence-electron chi connectivity index (χ1n) is 11.1. The second-order valence-electron chi connectivity index (χ2n) is 8.57. The summed E-state index contributed by atoms with van der Waals surface area (Å²) in [4.78, 5) is 30.8. The lowest BCUT2D eigenvalue weighted by atomic mass is 9.96. The molecule has 2 amide bonds. The van der Waals surface area contributed by atoms with Gasteiger partial charge in [-0.3, -0.25) is 9.59 Å². The summed E-state index contributed by atoms with van der Waals surface area (Å²) in [5, 5.41) is 0. The fraction of sp³-hybridized carbons (Fsp3) is 0.385. The van der Waals surface area contributed by atoms with Crippen LogP contribution in [0.15, 0.2) is 48.2 Å². The van der Waals surface area contributed by atoms with Gasteiger partial charge in [-0.15, -0.1) is 0 Å². The molecular weight excluding hydrogens is 388 g/mol. The maximum Gasteiger partial charge on any atom is 0.282 e. The molecule has 2 aliphatic heterocycles. The normalized spacial score (nSPS) is 17.7. The van der Waals surface area contributed by atoms with Crippen molar-refractivity contribution in [3.8, 4) is 5.75 Å². The third-order valence-corrected chi connectivity index (χ3v) is 6.34. The number of piperidine rings is 1. The number of likely N-dealkylation sites (tertiary alicyclic amines) is 1.